The van der Waals surface area contributed by atoms with Crippen molar-refractivity contribution >= 4 is 35.0 Å². The average molecular weight is 429 g/mol. The second-order valence-corrected chi connectivity index (χ2v) is 8.61. The second-order valence-electron chi connectivity index (χ2n) is 7.53. The van der Waals surface area contributed by atoms with Crippen LogP contribution >= 0.6 is 11.8 Å². The second kappa shape index (κ2) is 8.82. The van der Waals surface area contributed by atoms with Gasteiger partial charge >= 0.3 is 0 Å². The molecule has 1 N–H and O–H groups in total. The molecule has 3 aromatic carbocycles. The van der Waals surface area contributed by atoms with E-state index in [1.807, 2.05) is 86.6 Å². The fourth-order valence-corrected chi connectivity index (χ4v) is 4.51. The number of benzene rings is 3. The molecule has 0 radical (unpaired) electrons. The van der Waals surface area contributed by atoms with E-state index < -0.39 is 0 Å². The maximum atomic E-state index is 13.5. The quantitative estimate of drug-likeness (QED) is 0.500. The summed E-state index contributed by atoms with van der Waals surface area (Å²) < 4.78 is 0. The number of nitrogens with zero attached hydrogens (tertiary/aromatic N) is 1. The van der Waals surface area contributed by atoms with E-state index in [-0.39, 0.29) is 11.8 Å². The zero-order valence-corrected chi connectivity index (χ0v) is 18.6. The van der Waals surface area contributed by atoms with Gasteiger partial charge in [-0.3, -0.25) is 9.59 Å². The number of rotatable bonds is 6. The van der Waals surface area contributed by atoms with Gasteiger partial charge in [-0.2, -0.15) is 0 Å². The average Bonchev–Trinajstić information content (AvgIpc) is 2.99. The van der Waals surface area contributed by atoms with Gasteiger partial charge in [0.05, 0.1) is 5.69 Å². The highest BCUT2D eigenvalue weighted by molar-refractivity contribution is 8.04. The van der Waals surface area contributed by atoms with Crippen molar-refractivity contribution in [2.75, 3.05) is 10.2 Å². The number of imide groups is 1. The van der Waals surface area contributed by atoms with Crippen LogP contribution in [0.25, 0.3) is 0 Å². The molecule has 1 heterocycles. The molecule has 156 valence electrons. The number of thioether (sulfide) groups is 1. The highest BCUT2D eigenvalue weighted by Gasteiger charge is 2.40. The SMILES string of the molecule is CCc1ccc(NC2=C(Sc3ccccc3)C(=O)N(c3ccc(C)cc3C)C2=O)cc1. The Balaban J connectivity index is 1.74. The topological polar surface area (TPSA) is 49.4 Å². The lowest BCUT2D eigenvalue weighted by Gasteiger charge is -2.18. The van der Waals surface area contributed by atoms with Gasteiger partial charge in [-0.05, 0) is 61.7 Å². The van der Waals surface area contributed by atoms with Gasteiger partial charge in [-0.15, -0.1) is 0 Å². The van der Waals surface area contributed by atoms with Gasteiger partial charge < -0.3 is 5.32 Å². The molecule has 0 saturated carbocycles. The number of anilines is 2. The van der Waals surface area contributed by atoms with Crippen molar-refractivity contribution in [2.24, 2.45) is 0 Å². The summed E-state index contributed by atoms with van der Waals surface area (Å²) in [4.78, 5) is 29.5. The summed E-state index contributed by atoms with van der Waals surface area (Å²) in [5.41, 5.74) is 4.89. The van der Waals surface area contributed by atoms with Gasteiger partial charge in [-0.25, -0.2) is 4.90 Å². The molecule has 0 atom stereocenters. The molecule has 2 amide bonds. The van der Waals surface area contributed by atoms with E-state index in [1.54, 1.807) is 0 Å². The largest absolute Gasteiger partial charge is 0.350 e. The first-order valence-electron chi connectivity index (χ1n) is 10.3. The van der Waals surface area contributed by atoms with Gasteiger partial charge in [0.1, 0.15) is 10.6 Å². The fourth-order valence-electron chi connectivity index (χ4n) is 3.56. The molecule has 0 unspecified atom stereocenters. The van der Waals surface area contributed by atoms with E-state index >= 15 is 0 Å². The van der Waals surface area contributed by atoms with E-state index in [0.717, 1.165) is 28.1 Å². The number of carbonyl (C=O) groups excluding carboxylic acids is 2. The van der Waals surface area contributed by atoms with Crippen LogP contribution in [0.15, 0.2) is 88.3 Å². The van der Waals surface area contributed by atoms with Crippen LogP contribution < -0.4 is 10.2 Å². The van der Waals surface area contributed by atoms with Crippen molar-refractivity contribution in [3.63, 3.8) is 0 Å². The standard InChI is InChI=1S/C26H24N2O2S/c1-4-19-11-13-20(14-12-19)27-23-24(31-21-8-6-5-7-9-21)26(30)28(25(23)29)22-15-10-17(2)16-18(22)3/h5-16,27H,4H2,1-3H3. The molecule has 5 heteroatoms. The van der Waals surface area contributed by atoms with Gasteiger partial charge in [0, 0.05) is 10.6 Å². The third kappa shape index (κ3) is 4.28. The lowest BCUT2D eigenvalue weighted by atomic mass is 10.1. The normalized spacial score (nSPS) is 13.8. The summed E-state index contributed by atoms with van der Waals surface area (Å²) in [6.45, 7) is 6.01. The molecule has 1 aliphatic heterocycles. The number of hydrogen-bond acceptors (Lipinski definition) is 4. The summed E-state index contributed by atoms with van der Waals surface area (Å²) in [5, 5.41) is 3.22. The Morgan fingerprint density at radius 1 is 0.871 bits per heavy atom. The first kappa shape index (κ1) is 20.9. The molecule has 0 bridgehead atoms. The minimum Gasteiger partial charge on any atom is -0.350 e. The lowest BCUT2D eigenvalue weighted by Crippen LogP contribution is -2.33. The molecule has 0 spiro atoms. The van der Waals surface area contributed by atoms with Crippen LogP contribution in [0.4, 0.5) is 11.4 Å². The van der Waals surface area contributed by atoms with Crippen LogP contribution in [0.3, 0.4) is 0 Å². The fraction of sp³-hybridized carbons (Fsp3) is 0.154. The van der Waals surface area contributed by atoms with Crippen molar-refractivity contribution in [1.29, 1.82) is 0 Å². The van der Waals surface area contributed by atoms with Gasteiger partial charge in [0.15, 0.2) is 0 Å². The third-order valence-corrected chi connectivity index (χ3v) is 6.32. The first-order valence-corrected chi connectivity index (χ1v) is 11.1. The van der Waals surface area contributed by atoms with Crippen molar-refractivity contribution < 1.29 is 9.59 Å². The Morgan fingerprint density at radius 2 is 1.58 bits per heavy atom. The molecule has 4 nitrogen and oxygen atoms in total. The predicted octanol–water partition coefficient (Wildman–Crippen LogP) is 5.86. The molecule has 0 aromatic heterocycles. The Morgan fingerprint density at radius 3 is 2.23 bits per heavy atom. The summed E-state index contributed by atoms with van der Waals surface area (Å²) in [7, 11) is 0. The molecule has 3 aromatic rings. The molecule has 0 saturated heterocycles. The highest BCUT2D eigenvalue weighted by atomic mass is 32.2. The van der Waals surface area contributed by atoms with Crippen molar-refractivity contribution in [1.82, 2.24) is 0 Å². The zero-order valence-electron chi connectivity index (χ0n) is 17.8. The van der Waals surface area contributed by atoms with Crippen LogP contribution in [-0.4, -0.2) is 11.8 Å². The van der Waals surface area contributed by atoms with Crippen molar-refractivity contribution in [3.05, 3.63) is 100 Å². The first-order chi connectivity index (χ1) is 15.0. The summed E-state index contributed by atoms with van der Waals surface area (Å²) in [5.74, 6) is -0.645. The van der Waals surface area contributed by atoms with E-state index in [0.29, 0.717) is 16.3 Å². The maximum Gasteiger partial charge on any atom is 0.283 e. The highest BCUT2D eigenvalue weighted by Crippen LogP contribution is 2.38. The number of carbonyl (C=O) groups is 2. The molecule has 4 rings (SSSR count). The van der Waals surface area contributed by atoms with Crippen LogP contribution in [0.5, 0.6) is 0 Å². The summed E-state index contributed by atoms with van der Waals surface area (Å²) in [6.07, 6.45) is 0.940. The Kier molecular flexibility index (Phi) is 5.96. The third-order valence-electron chi connectivity index (χ3n) is 5.23. The monoisotopic (exact) mass is 428 g/mol. The number of amides is 2. The van der Waals surface area contributed by atoms with Crippen molar-refractivity contribution in [3.8, 4) is 0 Å². The van der Waals surface area contributed by atoms with Crippen LogP contribution in [0, 0.1) is 13.8 Å². The van der Waals surface area contributed by atoms with Gasteiger partial charge in [0.2, 0.25) is 0 Å². The molecular weight excluding hydrogens is 404 g/mol. The van der Waals surface area contributed by atoms with Crippen LogP contribution in [-0.2, 0) is 16.0 Å². The molecular formula is C26H24N2O2S. The summed E-state index contributed by atoms with van der Waals surface area (Å²) >= 11 is 1.31. The number of hydrogen-bond donors (Lipinski definition) is 1. The molecule has 1 aliphatic rings. The summed E-state index contributed by atoms with van der Waals surface area (Å²) in [6, 6.07) is 23.3. The minimum atomic E-state index is -0.338. The molecule has 0 aliphatic carbocycles. The van der Waals surface area contributed by atoms with E-state index in [9.17, 15) is 9.59 Å². The van der Waals surface area contributed by atoms with Crippen LogP contribution in [0.1, 0.15) is 23.6 Å². The predicted molar refractivity (Wildman–Crippen MR) is 127 cm³/mol. The Labute approximate surface area is 187 Å². The Bertz CT molecular complexity index is 1170. The smallest absolute Gasteiger partial charge is 0.283 e. The van der Waals surface area contributed by atoms with E-state index in [2.05, 4.69) is 12.2 Å². The van der Waals surface area contributed by atoms with Crippen molar-refractivity contribution in [2.45, 2.75) is 32.1 Å². The van der Waals surface area contributed by atoms with Gasteiger partial charge in [0.25, 0.3) is 11.8 Å². The molecule has 0 fully saturated rings. The Hall–Kier alpha value is -3.31. The van der Waals surface area contributed by atoms with E-state index in [4.69, 9.17) is 0 Å². The maximum absolute atomic E-state index is 13.5. The van der Waals surface area contributed by atoms with Crippen LogP contribution in [0.2, 0.25) is 0 Å². The zero-order chi connectivity index (χ0) is 22.0. The number of aryl methyl sites for hydroxylation is 3. The molecule has 31 heavy (non-hydrogen) atoms. The lowest BCUT2D eigenvalue weighted by molar-refractivity contribution is -0.120. The minimum absolute atomic E-state index is 0.307. The van der Waals surface area contributed by atoms with E-state index in [1.165, 1.54) is 22.2 Å². The number of nitrogens with one attached hydrogen (secondary N) is 1. The van der Waals surface area contributed by atoms with Gasteiger partial charge in [-0.1, -0.05) is 66.7 Å².